The van der Waals surface area contributed by atoms with Crippen LogP contribution in [-0.2, 0) is 0 Å². The Kier molecular flexibility index (Phi) is 1.96. The Morgan fingerprint density at radius 3 is 3.00 bits per heavy atom. The zero-order valence-electron chi connectivity index (χ0n) is 8.56. The van der Waals surface area contributed by atoms with E-state index in [2.05, 4.69) is 23.2 Å². The molecule has 1 aliphatic rings. The molecule has 0 unspecified atom stereocenters. The highest BCUT2D eigenvalue weighted by Gasteiger charge is 2.37. The van der Waals surface area contributed by atoms with Crippen molar-refractivity contribution in [2.75, 3.05) is 6.54 Å². The first-order valence-corrected chi connectivity index (χ1v) is 5.43. The summed E-state index contributed by atoms with van der Waals surface area (Å²) in [6, 6.07) is 10.5. The van der Waals surface area contributed by atoms with Gasteiger partial charge in [-0.3, -0.25) is 4.98 Å². The molecule has 0 bridgehead atoms. The van der Waals surface area contributed by atoms with Crippen molar-refractivity contribution >= 4 is 10.9 Å². The molecule has 0 saturated heterocycles. The van der Waals surface area contributed by atoms with E-state index in [1.165, 1.54) is 17.4 Å². The Balaban J connectivity index is 2.00. The molecule has 1 saturated carbocycles. The number of para-hydroxylation sites is 1. The van der Waals surface area contributed by atoms with Crippen LogP contribution < -0.4 is 5.73 Å². The van der Waals surface area contributed by atoms with Crippen LogP contribution in [0.2, 0.25) is 0 Å². The van der Waals surface area contributed by atoms with Crippen LogP contribution in [0, 0.1) is 5.92 Å². The highest BCUT2D eigenvalue weighted by Crippen LogP contribution is 2.46. The molecule has 3 rings (SSSR count). The first kappa shape index (κ1) is 8.86. The summed E-state index contributed by atoms with van der Waals surface area (Å²) < 4.78 is 0. The molecular weight excluding hydrogens is 184 g/mol. The van der Waals surface area contributed by atoms with Gasteiger partial charge in [-0.25, -0.2) is 0 Å². The first-order chi connectivity index (χ1) is 7.38. The zero-order chi connectivity index (χ0) is 10.3. The van der Waals surface area contributed by atoms with Crippen molar-refractivity contribution in [2.45, 2.75) is 12.3 Å². The second-order valence-electron chi connectivity index (χ2n) is 4.30. The van der Waals surface area contributed by atoms with Gasteiger partial charge in [0.1, 0.15) is 0 Å². The quantitative estimate of drug-likeness (QED) is 0.804. The number of benzene rings is 1. The lowest BCUT2D eigenvalue weighted by Crippen LogP contribution is -2.02. The summed E-state index contributed by atoms with van der Waals surface area (Å²) in [4.78, 5) is 4.47. The van der Waals surface area contributed by atoms with Gasteiger partial charge in [-0.2, -0.15) is 0 Å². The second kappa shape index (κ2) is 3.31. The molecule has 0 radical (unpaired) electrons. The van der Waals surface area contributed by atoms with Crippen LogP contribution in [0.1, 0.15) is 17.9 Å². The highest BCUT2D eigenvalue weighted by atomic mass is 14.7. The van der Waals surface area contributed by atoms with Crippen molar-refractivity contribution in [3.8, 4) is 0 Å². The summed E-state index contributed by atoms with van der Waals surface area (Å²) >= 11 is 0. The van der Waals surface area contributed by atoms with E-state index in [-0.39, 0.29) is 0 Å². The monoisotopic (exact) mass is 198 g/mol. The fourth-order valence-corrected chi connectivity index (χ4v) is 2.21. The molecule has 0 aliphatic heterocycles. The van der Waals surface area contributed by atoms with E-state index in [4.69, 9.17) is 5.73 Å². The Morgan fingerprint density at radius 2 is 2.20 bits per heavy atom. The molecule has 2 nitrogen and oxygen atoms in total. The normalized spacial score (nSPS) is 24.3. The molecule has 2 aromatic rings. The number of nitrogens with zero attached hydrogens (tertiary/aromatic N) is 1. The molecular formula is C13H14N2. The molecule has 0 spiro atoms. The van der Waals surface area contributed by atoms with E-state index in [1.54, 1.807) is 0 Å². The molecule has 0 amide bonds. The van der Waals surface area contributed by atoms with Crippen molar-refractivity contribution in [2.24, 2.45) is 11.7 Å². The van der Waals surface area contributed by atoms with Gasteiger partial charge in [0.05, 0.1) is 5.52 Å². The molecule has 2 heteroatoms. The largest absolute Gasteiger partial charge is 0.330 e. The predicted molar refractivity (Wildman–Crippen MR) is 61.6 cm³/mol. The van der Waals surface area contributed by atoms with Crippen LogP contribution in [0.3, 0.4) is 0 Å². The minimum atomic E-state index is 0.659. The Hall–Kier alpha value is -1.41. The van der Waals surface area contributed by atoms with E-state index in [1.807, 2.05) is 18.3 Å². The summed E-state index contributed by atoms with van der Waals surface area (Å²) in [6.07, 6.45) is 3.24. The number of rotatable bonds is 2. The Labute approximate surface area is 89.1 Å². The third-order valence-corrected chi connectivity index (χ3v) is 3.27. The number of aromatic nitrogens is 1. The minimum absolute atomic E-state index is 0.659. The summed E-state index contributed by atoms with van der Waals surface area (Å²) in [5.74, 6) is 1.35. The van der Waals surface area contributed by atoms with Gasteiger partial charge in [-0.05, 0) is 42.5 Å². The SMILES string of the molecule is NC[C@@H]1C[C@H]1c1cnc2ccccc2c1. The summed E-state index contributed by atoms with van der Waals surface area (Å²) in [7, 11) is 0. The summed E-state index contributed by atoms with van der Waals surface area (Å²) in [5, 5.41) is 1.23. The summed E-state index contributed by atoms with van der Waals surface area (Å²) in [6.45, 7) is 0.803. The fourth-order valence-electron chi connectivity index (χ4n) is 2.21. The third kappa shape index (κ3) is 1.51. The van der Waals surface area contributed by atoms with E-state index >= 15 is 0 Å². The number of hydrogen-bond donors (Lipinski definition) is 1. The molecule has 76 valence electrons. The molecule has 15 heavy (non-hydrogen) atoms. The maximum atomic E-state index is 5.65. The van der Waals surface area contributed by atoms with Crippen molar-refractivity contribution in [1.82, 2.24) is 4.98 Å². The van der Waals surface area contributed by atoms with Gasteiger partial charge >= 0.3 is 0 Å². The average molecular weight is 198 g/mol. The van der Waals surface area contributed by atoms with Crippen LogP contribution in [0.5, 0.6) is 0 Å². The number of hydrogen-bond acceptors (Lipinski definition) is 2. The van der Waals surface area contributed by atoms with Gasteiger partial charge in [0, 0.05) is 11.6 Å². The van der Waals surface area contributed by atoms with Crippen molar-refractivity contribution in [3.05, 3.63) is 42.1 Å². The lowest BCUT2D eigenvalue weighted by atomic mass is 10.1. The molecule has 2 N–H and O–H groups in total. The van der Waals surface area contributed by atoms with Gasteiger partial charge in [0.15, 0.2) is 0 Å². The van der Waals surface area contributed by atoms with Crippen molar-refractivity contribution < 1.29 is 0 Å². The maximum Gasteiger partial charge on any atom is 0.0702 e. The average Bonchev–Trinajstić information content (AvgIpc) is 3.08. The highest BCUT2D eigenvalue weighted by molar-refractivity contribution is 5.78. The number of nitrogens with two attached hydrogens (primary N) is 1. The van der Waals surface area contributed by atoms with Crippen LogP contribution >= 0.6 is 0 Å². The van der Waals surface area contributed by atoms with Crippen LogP contribution in [0.15, 0.2) is 36.5 Å². The molecule has 1 aliphatic carbocycles. The van der Waals surface area contributed by atoms with Crippen molar-refractivity contribution in [3.63, 3.8) is 0 Å². The molecule has 2 atom stereocenters. The van der Waals surface area contributed by atoms with Crippen LogP contribution in [-0.4, -0.2) is 11.5 Å². The van der Waals surface area contributed by atoms with Gasteiger partial charge < -0.3 is 5.73 Å². The van der Waals surface area contributed by atoms with Crippen LogP contribution in [0.25, 0.3) is 10.9 Å². The second-order valence-corrected chi connectivity index (χ2v) is 4.30. The standard InChI is InChI=1S/C13H14N2/c14-7-10-6-12(10)11-5-9-3-1-2-4-13(9)15-8-11/h1-5,8,10,12H,6-7,14H2/t10-,12+/m0/s1. The molecule has 1 heterocycles. The van der Waals surface area contributed by atoms with Gasteiger partial charge in [0.2, 0.25) is 0 Å². The van der Waals surface area contributed by atoms with Crippen LogP contribution in [0.4, 0.5) is 0 Å². The lowest BCUT2D eigenvalue weighted by Gasteiger charge is -2.01. The fraction of sp³-hybridized carbons (Fsp3) is 0.308. The lowest BCUT2D eigenvalue weighted by molar-refractivity contribution is 0.808. The van der Waals surface area contributed by atoms with Gasteiger partial charge in [-0.1, -0.05) is 18.2 Å². The van der Waals surface area contributed by atoms with Crippen molar-refractivity contribution in [1.29, 1.82) is 0 Å². The zero-order valence-corrected chi connectivity index (χ0v) is 8.56. The number of fused-ring (bicyclic) bond motifs is 1. The minimum Gasteiger partial charge on any atom is -0.330 e. The molecule has 1 fully saturated rings. The molecule has 1 aromatic carbocycles. The van der Waals surface area contributed by atoms with E-state index in [0.29, 0.717) is 11.8 Å². The maximum absolute atomic E-state index is 5.65. The Bertz CT molecular complexity index is 493. The van der Waals surface area contributed by atoms with Gasteiger partial charge in [0.25, 0.3) is 0 Å². The smallest absolute Gasteiger partial charge is 0.0702 e. The summed E-state index contributed by atoms with van der Waals surface area (Å²) in [5.41, 5.74) is 8.08. The topological polar surface area (TPSA) is 38.9 Å². The number of pyridine rings is 1. The third-order valence-electron chi connectivity index (χ3n) is 3.27. The van der Waals surface area contributed by atoms with Gasteiger partial charge in [-0.15, -0.1) is 0 Å². The molecule has 1 aromatic heterocycles. The van der Waals surface area contributed by atoms with E-state index in [0.717, 1.165) is 12.1 Å². The predicted octanol–water partition coefficient (Wildman–Crippen LogP) is 2.30. The van der Waals surface area contributed by atoms with E-state index in [9.17, 15) is 0 Å². The van der Waals surface area contributed by atoms with E-state index < -0.39 is 0 Å². The Morgan fingerprint density at radius 1 is 1.33 bits per heavy atom. The first-order valence-electron chi connectivity index (χ1n) is 5.43.